The molecule has 0 spiro atoms. The summed E-state index contributed by atoms with van der Waals surface area (Å²) in [5, 5.41) is 0. The highest BCUT2D eigenvalue weighted by atomic mass is 16.2. The van der Waals surface area contributed by atoms with Gasteiger partial charge in [0, 0.05) is 31.0 Å². The number of likely N-dealkylation sites (tertiary alicyclic amines) is 1. The van der Waals surface area contributed by atoms with E-state index in [0.29, 0.717) is 5.56 Å². The van der Waals surface area contributed by atoms with E-state index in [9.17, 15) is 4.79 Å². The molecule has 0 aromatic carbocycles. The van der Waals surface area contributed by atoms with Crippen LogP contribution >= 0.6 is 0 Å². The predicted molar refractivity (Wildman–Crippen MR) is 66.6 cm³/mol. The minimum atomic E-state index is 0.0240. The Morgan fingerprint density at radius 1 is 1.59 bits per heavy atom. The topological polar surface area (TPSA) is 59.2 Å². The highest BCUT2D eigenvalue weighted by Crippen LogP contribution is 2.21. The zero-order valence-corrected chi connectivity index (χ0v) is 10.2. The monoisotopic (exact) mass is 233 g/mol. The Labute approximate surface area is 102 Å². The van der Waals surface area contributed by atoms with Crippen LogP contribution in [0.3, 0.4) is 0 Å². The molecular formula is C13H19N3O. The van der Waals surface area contributed by atoms with Crippen LogP contribution in [-0.2, 0) is 0 Å². The molecule has 1 saturated heterocycles. The second-order valence-corrected chi connectivity index (χ2v) is 4.66. The smallest absolute Gasteiger partial charge is 0.255 e. The van der Waals surface area contributed by atoms with Crippen molar-refractivity contribution in [2.45, 2.75) is 38.3 Å². The van der Waals surface area contributed by atoms with Crippen molar-refractivity contribution in [3.8, 4) is 0 Å². The largest absolute Gasteiger partial charge is 0.334 e. The summed E-state index contributed by atoms with van der Waals surface area (Å²) in [5.41, 5.74) is 6.62. The Bertz CT molecular complexity index is 378. The number of rotatable bonds is 2. The molecule has 2 heterocycles. The lowest BCUT2D eigenvalue weighted by Gasteiger charge is -2.38. The number of amides is 1. The van der Waals surface area contributed by atoms with Crippen LogP contribution in [0.15, 0.2) is 24.5 Å². The Kier molecular flexibility index (Phi) is 3.74. The molecule has 1 amide bonds. The zero-order chi connectivity index (χ0) is 12.3. The molecule has 92 valence electrons. The van der Waals surface area contributed by atoms with Crippen molar-refractivity contribution in [3.63, 3.8) is 0 Å². The zero-order valence-electron chi connectivity index (χ0n) is 10.2. The van der Waals surface area contributed by atoms with Gasteiger partial charge < -0.3 is 10.6 Å². The quantitative estimate of drug-likeness (QED) is 0.840. The molecular weight excluding hydrogens is 214 g/mol. The summed E-state index contributed by atoms with van der Waals surface area (Å²) >= 11 is 0. The molecule has 2 rings (SSSR count). The predicted octanol–water partition coefficient (Wildman–Crippen LogP) is 1.42. The summed E-state index contributed by atoms with van der Waals surface area (Å²) in [6.45, 7) is 2.78. The van der Waals surface area contributed by atoms with E-state index in [2.05, 4.69) is 4.98 Å². The minimum absolute atomic E-state index is 0.0240. The third kappa shape index (κ3) is 2.64. The average molecular weight is 233 g/mol. The summed E-state index contributed by atoms with van der Waals surface area (Å²) in [4.78, 5) is 18.2. The first kappa shape index (κ1) is 12.0. The van der Waals surface area contributed by atoms with Gasteiger partial charge in [-0.3, -0.25) is 9.78 Å². The summed E-state index contributed by atoms with van der Waals surface area (Å²) in [5.74, 6) is 0.0556. The van der Waals surface area contributed by atoms with Gasteiger partial charge in [-0.2, -0.15) is 0 Å². The molecule has 0 saturated carbocycles. The van der Waals surface area contributed by atoms with E-state index in [1.54, 1.807) is 18.5 Å². The molecule has 4 heteroatoms. The average Bonchev–Trinajstić information content (AvgIpc) is 2.39. The lowest BCUT2D eigenvalue weighted by Crippen LogP contribution is -2.51. The van der Waals surface area contributed by atoms with Crippen LogP contribution in [-0.4, -0.2) is 34.4 Å². The van der Waals surface area contributed by atoms with Crippen LogP contribution in [0, 0.1) is 0 Å². The van der Waals surface area contributed by atoms with Gasteiger partial charge in [-0.05, 0) is 38.3 Å². The van der Waals surface area contributed by atoms with Crippen LogP contribution in [0.2, 0.25) is 0 Å². The molecule has 0 bridgehead atoms. The number of hydrogen-bond acceptors (Lipinski definition) is 3. The maximum atomic E-state index is 12.3. The Morgan fingerprint density at radius 3 is 3.06 bits per heavy atom. The number of piperidine rings is 1. The van der Waals surface area contributed by atoms with Gasteiger partial charge in [-0.1, -0.05) is 0 Å². The van der Waals surface area contributed by atoms with E-state index >= 15 is 0 Å². The molecule has 17 heavy (non-hydrogen) atoms. The van der Waals surface area contributed by atoms with Gasteiger partial charge in [0.05, 0.1) is 5.56 Å². The van der Waals surface area contributed by atoms with E-state index in [-0.39, 0.29) is 18.0 Å². The molecule has 1 aliphatic heterocycles. The Morgan fingerprint density at radius 2 is 2.41 bits per heavy atom. The van der Waals surface area contributed by atoms with E-state index in [1.165, 1.54) is 0 Å². The SMILES string of the molecule is C[C@@H](N)[C@@H]1CCCCN1C(=O)c1cccnc1. The first-order chi connectivity index (χ1) is 8.20. The number of pyridine rings is 1. The van der Waals surface area contributed by atoms with E-state index in [1.807, 2.05) is 17.9 Å². The number of carbonyl (C=O) groups is 1. The highest BCUT2D eigenvalue weighted by molar-refractivity contribution is 5.94. The van der Waals surface area contributed by atoms with Gasteiger partial charge in [0.2, 0.25) is 0 Å². The second kappa shape index (κ2) is 5.27. The van der Waals surface area contributed by atoms with E-state index in [0.717, 1.165) is 25.8 Å². The molecule has 2 atom stereocenters. The molecule has 1 aromatic rings. The van der Waals surface area contributed by atoms with Crippen LogP contribution in [0.4, 0.5) is 0 Å². The van der Waals surface area contributed by atoms with Crippen molar-refractivity contribution in [3.05, 3.63) is 30.1 Å². The molecule has 1 aliphatic rings. The minimum Gasteiger partial charge on any atom is -0.334 e. The number of hydrogen-bond donors (Lipinski definition) is 1. The van der Waals surface area contributed by atoms with Crippen LogP contribution < -0.4 is 5.73 Å². The van der Waals surface area contributed by atoms with Gasteiger partial charge in [-0.25, -0.2) is 0 Å². The lowest BCUT2D eigenvalue weighted by atomic mass is 9.96. The van der Waals surface area contributed by atoms with Crippen molar-refractivity contribution >= 4 is 5.91 Å². The number of nitrogens with zero attached hydrogens (tertiary/aromatic N) is 2. The fraction of sp³-hybridized carbons (Fsp3) is 0.538. The maximum absolute atomic E-state index is 12.3. The third-order valence-corrected chi connectivity index (χ3v) is 3.33. The maximum Gasteiger partial charge on any atom is 0.255 e. The van der Waals surface area contributed by atoms with Crippen molar-refractivity contribution in [1.82, 2.24) is 9.88 Å². The molecule has 2 N–H and O–H groups in total. The van der Waals surface area contributed by atoms with E-state index in [4.69, 9.17) is 5.73 Å². The first-order valence-electron chi connectivity index (χ1n) is 6.16. The van der Waals surface area contributed by atoms with Crippen LogP contribution in [0.25, 0.3) is 0 Å². The highest BCUT2D eigenvalue weighted by Gasteiger charge is 2.29. The van der Waals surface area contributed by atoms with Crippen LogP contribution in [0.5, 0.6) is 0 Å². The Hall–Kier alpha value is -1.42. The summed E-state index contributed by atoms with van der Waals surface area (Å²) in [7, 11) is 0. The van der Waals surface area contributed by atoms with Gasteiger partial charge in [0.1, 0.15) is 0 Å². The van der Waals surface area contributed by atoms with Gasteiger partial charge in [-0.15, -0.1) is 0 Å². The molecule has 4 nitrogen and oxygen atoms in total. The van der Waals surface area contributed by atoms with Crippen molar-refractivity contribution < 1.29 is 4.79 Å². The fourth-order valence-corrected chi connectivity index (χ4v) is 2.41. The Balaban J connectivity index is 2.17. The van der Waals surface area contributed by atoms with Crippen molar-refractivity contribution in [2.24, 2.45) is 5.73 Å². The van der Waals surface area contributed by atoms with Crippen molar-refractivity contribution in [1.29, 1.82) is 0 Å². The number of carbonyl (C=O) groups excluding carboxylic acids is 1. The normalized spacial score (nSPS) is 22.2. The fourth-order valence-electron chi connectivity index (χ4n) is 2.41. The number of nitrogens with two attached hydrogens (primary N) is 1. The van der Waals surface area contributed by atoms with Crippen LogP contribution in [0.1, 0.15) is 36.5 Å². The van der Waals surface area contributed by atoms with Gasteiger partial charge in [0.25, 0.3) is 5.91 Å². The summed E-state index contributed by atoms with van der Waals surface area (Å²) in [6, 6.07) is 3.78. The molecule has 1 aromatic heterocycles. The lowest BCUT2D eigenvalue weighted by molar-refractivity contribution is 0.0583. The molecule has 0 radical (unpaired) electrons. The standard InChI is InChI=1S/C13H19N3O/c1-10(14)12-6-2-3-8-16(12)13(17)11-5-4-7-15-9-11/h4-5,7,9-10,12H,2-3,6,8,14H2,1H3/t10-,12+/m1/s1. The first-order valence-corrected chi connectivity index (χ1v) is 6.16. The molecule has 0 aliphatic carbocycles. The molecule has 1 fully saturated rings. The number of aromatic nitrogens is 1. The van der Waals surface area contributed by atoms with E-state index < -0.39 is 0 Å². The molecule has 0 unspecified atom stereocenters. The van der Waals surface area contributed by atoms with Crippen molar-refractivity contribution in [2.75, 3.05) is 6.54 Å². The van der Waals surface area contributed by atoms with Gasteiger partial charge >= 0.3 is 0 Å². The van der Waals surface area contributed by atoms with Gasteiger partial charge in [0.15, 0.2) is 0 Å². The summed E-state index contributed by atoms with van der Waals surface area (Å²) < 4.78 is 0. The second-order valence-electron chi connectivity index (χ2n) is 4.66. The summed E-state index contributed by atoms with van der Waals surface area (Å²) in [6.07, 6.45) is 6.52. The third-order valence-electron chi connectivity index (χ3n) is 3.33.